The lowest BCUT2D eigenvalue weighted by Crippen LogP contribution is -2.02. The maximum Gasteiger partial charge on any atom is 0.274 e. The minimum absolute atomic E-state index is 0.0285. The lowest BCUT2D eigenvalue weighted by molar-refractivity contribution is -0.384. The maximum atomic E-state index is 10.6. The van der Waals surface area contributed by atoms with Crippen molar-refractivity contribution in [1.29, 1.82) is 0 Å². The third kappa shape index (κ3) is 1.77. The molecule has 0 saturated heterocycles. The van der Waals surface area contributed by atoms with E-state index in [-0.39, 0.29) is 5.69 Å². The summed E-state index contributed by atoms with van der Waals surface area (Å²) in [4.78, 5) is 18.4. The molecule has 2 rings (SSSR count). The van der Waals surface area contributed by atoms with Gasteiger partial charge in [-0.3, -0.25) is 14.7 Å². The van der Waals surface area contributed by atoms with Crippen LogP contribution in [0.4, 0.5) is 5.69 Å². The molecule has 0 atom stereocenters. The molecule has 0 amide bonds. The number of hydrogen-bond donors (Lipinski definition) is 0. The predicted octanol–water partition coefficient (Wildman–Crippen LogP) is 1.74. The molecule has 2 aromatic rings. The van der Waals surface area contributed by atoms with Gasteiger partial charge in [-0.1, -0.05) is 6.92 Å². The number of pyridine rings is 1. The molecular formula is C10H10N4O2. The van der Waals surface area contributed by atoms with Crippen molar-refractivity contribution in [2.24, 2.45) is 0 Å². The van der Waals surface area contributed by atoms with Crippen molar-refractivity contribution in [3.63, 3.8) is 0 Å². The number of aromatic nitrogens is 3. The first-order chi connectivity index (χ1) is 7.72. The Hall–Kier alpha value is -2.24. The molecule has 0 radical (unpaired) electrons. The lowest BCUT2D eigenvalue weighted by atomic mass is 10.4. The van der Waals surface area contributed by atoms with Crippen molar-refractivity contribution in [3.8, 4) is 5.82 Å². The first kappa shape index (κ1) is 10.3. The number of nitro groups is 1. The molecule has 0 aliphatic carbocycles. The van der Waals surface area contributed by atoms with Crippen LogP contribution in [0.3, 0.4) is 0 Å². The zero-order valence-electron chi connectivity index (χ0n) is 8.70. The van der Waals surface area contributed by atoms with E-state index in [1.165, 1.54) is 18.3 Å². The van der Waals surface area contributed by atoms with E-state index in [0.29, 0.717) is 5.82 Å². The molecule has 0 saturated carbocycles. The average Bonchev–Trinajstić information content (AvgIpc) is 2.77. The minimum Gasteiger partial charge on any atom is -0.288 e. The molecule has 0 aliphatic heterocycles. The molecule has 2 heterocycles. The van der Waals surface area contributed by atoms with Crippen LogP contribution in [0.1, 0.15) is 12.7 Å². The summed E-state index contributed by atoms with van der Waals surface area (Å²) in [5.74, 6) is 1.34. The quantitative estimate of drug-likeness (QED) is 0.581. The average molecular weight is 218 g/mol. The Bertz CT molecular complexity index is 521. The summed E-state index contributed by atoms with van der Waals surface area (Å²) in [7, 11) is 0. The minimum atomic E-state index is -0.437. The van der Waals surface area contributed by atoms with Gasteiger partial charge in [0, 0.05) is 31.1 Å². The molecule has 0 unspecified atom stereocenters. The molecule has 0 aliphatic rings. The van der Waals surface area contributed by atoms with Crippen molar-refractivity contribution >= 4 is 5.69 Å². The van der Waals surface area contributed by atoms with Gasteiger partial charge in [0.05, 0.1) is 11.0 Å². The highest BCUT2D eigenvalue weighted by molar-refractivity contribution is 5.37. The van der Waals surface area contributed by atoms with E-state index in [4.69, 9.17) is 0 Å². The highest BCUT2D eigenvalue weighted by Crippen LogP contribution is 2.15. The van der Waals surface area contributed by atoms with Gasteiger partial charge in [-0.2, -0.15) is 0 Å². The van der Waals surface area contributed by atoms with Gasteiger partial charge in [-0.25, -0.2) is 9.97 Å². The highest BCUT2D eigenvalue weighted by Gasteiger charge is 2.09. The number of imidazole rings is 1. The largest absolute Gasteiger partial charge is 0.288 e. The standard InChI is InChI=1S/C10H10N4O2/c1-2-9-12-5-6-13(9)10-7-8(14(15)16)3-4-11-10/h3-7H,2H2,1H3. The van der Waals surface area contributed by atoms with E-state index in [0.717, 1.165) is 12.2 Å². The topological polar surface area (TPSA) is 73.8 Å². The number of hydrogen-bond acceptors (Lipinski definition) is 4. The predicted molar refractivity (Wildman–Crippen MR) is 57.4 cm³/mol. The summed E-state index contributed by atoms with van der Waals surface area (Å²) in [6, 6.07) is 2.80. The summed E-state index contributed by atoms with van der Waals surface area (Å²) in [6.45, 7) is 1.97. The van der Waals surface area contributed by atoms with E-state index in [2.05, 4.69) is 9.97 Å². The SMILES string of the molecule is CCc1nccn1-c1cc([N+](=O)[O-])ccn1. The van der Waals surface area contributed by atoms with E-state index >= 15 is 0 Å². The monoisotopic (exact) mass is 218 g/mol. The zero-order valence-corrected chi connectivity index (χ0v) is 8.70. The smallest absolute Gasteiger partial charge is 0.274 e. The second kappa shape index (κ2) is 4.09. The van der Waals surface area contributed by atoms with Gasteiger partial charge in [0.1, 0.15) is 11.6 Å². The van der Waals surface area contributed by atoms with Gasteiger partial charge < -0.3 is 0 Å². The van der Waals surface area contributed by atoms with Gasteiger partial charge in [-0.05, 0) is 0 Å². The Morgan fingerprint density at radius 2 is 2.25 bits per heavy atom. The molecule has 6 heteroatoms. The van der Waals surface area contributed by atoms with E-state index in [1.807, 2.05) is 6.92 Å². The van der Waals surface area contributed by atoms with Crippen molar-refractivity contribution in [1.82, 2.24) is 14.5 Å². The molecule has 0 fully saturated rings. The van der Waals surface area contributed by atoms with Crippen LogP contribution >= 0.6 is 0 Å². The van der Waals surface area contributed by atoms with Crippen LogP contribution in [0, 0.1) is 10.1 Å². The van der Waals surface area contributed by atoms with Crippen molar-refractivity contribution < 1.29 is 4.92 Å². The maximum absolute atomic E-state index is 10.6. The number of rotatable bonds is 3. The Balaban J connectivity index is 2.48. The van der Waals surface area contributed by atoms with Crippen LogP contribution in [0.15, 0.2) is 30.7 Å². The third-order valence-corrected chi connectivity index (χ3v) is 2.22. The molecule has 6 nitrogen and oxygen atoms in total. The summed E-state index contributed by atoms with van der Waals surface area (Å²) in [6.07, 6.45) is 5.56. The molecule has 0 N–H and O–H groups in total. The summed E-state index contributed by atoms with van der Waals surface area (Å²) in [5.41, 5.74) is 0.0285. The molecule has 16 heavy (non-hydrogen) atoms. The molecule has 2 aromatic heterocycles. The Morgan fingerprint density at radius 3 is 2.94 bits per heavy atom. The normalized spacial score (nSPS) is 10.3. The molecule has 0 spiro atoms. The number of aryl methyl sites for hydroxylation is 1. The Morgan fingerprint density at radius 1 is 1.44 bits per heavy atom. The van der Waals surface area contributed by atoms with E-state index < -0.39 is 4.92 Å². The summed E-state index contributed by atoms with van der Waals surface area (Å²) < 4.78 is 1.74. The van der Waals surface area contributed by atoms with E-state index in [9.17, 15) is 10.1 Å². The summed E-state index contributed by atoms with van der Waals surface area (Å²) in [5, 5.41) is 10.6. The van der Waals surface area contributed by atoms with Gasteiger partial charge in [-0.15, -0.1) is 0 Å². The lowest BCUT2D eigenvalue weighted by Gasteiger charge is -2.04. The molecule has 0 aromatic carbocycles. The first-order valence-corrected chi connectivity index (χ1v) is 4.85. The molecule has 82 valence electrons. The fourth-order valence-corrected chi connectivity index (χ4v) is 1.46. The highest BCUT2D eigenvalue weighted by atomic mass is 16.6. The van der Waals surface area contributed by atoms with E-state index in [1.54, 1.807) is 17.0 Å². The fourth-order valence-electron chi connectivity index (χ4n) is 1.46. The first-order valence-electron chi connectivity index (χ1n) is 4.85. The third-order valence-electron chi connectivity index (χ3n) is 2.22. The van der Waals surface area contributed by atoms with Crippen LogP contribution in [-0.2, 0) is 6.42 Å². The van der Waals surface area contributed by atoms with Crippen LogP contribution in [0.2, 0.25) is 0 Å². The van der Waals surface area contributed by atoms with Crippen LogP contribution in [0.25, 0.3) is 5.82 Å². The fraction of sp³-hybridized carbons (Fsp3) is 0.200. The second-order valence-electron chi connectivity index (χ2n) is 3.20. The Labute approximate surface area is 91.7 Å². The Kier molecular flexibility index (Phi) is 2.63. The van der Waals surface area contributed by atoms with Crippen molar-refractivity contribution in [3.05, 3.63) is 46.7 Å². The second-order valence-corrected chi connectivity index (χ2v) is 3.20. The molecule has 0 bridgehead atoms. The van der Waals surface area contributed by atoms with Crippen LogP contribution < -0.4 is 0 Å². The molecular weight excluding hydrogens is 208 g/mol. The van der Waals surface area contributed by atoms with Gasteiger partial charge in [0.15, 0.2) is 0 Å². The number of nitrogens with zero attached hydrogens (tertiary/aromatic N) is 4. The van der Waals surface area contributed by atoms with Gasteiger partial charge in [0.2, 0.25) is 0 Å². The van der Waals surface area contributed by atoms with Crippen LogP contribution in [-0.4, -0.2) is 19.5 Å². The van der Waals surface area contributed by atoms with Gasteiger partial charge in [0.25, 0.3) is 5.69 Å². The van der Waals surface area contributed by atoms with Gasteiger partial charge >= 0.3 is 0 Å². The van der Waals surface area contributed by atoms with Crippen molar-refractivity contribution in [2.75, 3.05) is 0 Å². The van der Waals surface area contributed by atoms with Crippen molar-refractivity contribution in [2.45, 2.75) is 13.3 Å². The zero-order chi connectivity index (χ0) is 11.5. The van der Waals surface area contributed by atoms with Crippen LogP contribution in [0.5, 0.6) is 0 Å². The summed E-state index contributed by atoms with van der Waals surface area (Å²) >= 11 is 0.